The van der Waals surface area contributed by atoms with E-state index in [0.29, 0.717) is 16.8 Å². The number of benzene rings is 2. The lowest BCUT2D eigenvalue weighted by atomic mass is 10.2. The summed E-state index contributed by atoms with van der Waals surface area (Å²) in [5, 5.41) is 12.3. The summed E-state index contributed by atoms with van der Waals surface area (Å²) in [5.74, 6) is 1.01. The molecule has 0 radical (unpaired) electrons. The van der Waals surface area contributed by atoms with E-state index >= 15 is 0 Å². The van der Waals surface area contributed by atoms with Crippen molar-refractivity contribution in [2.45, 2.75) is 6.92 Å². The molecule has 0 atom stereocenters. The van der Waals surface area contributed by atoms with Gasteiger partial charge < -0.3 is 15.1 Å². The average molecular weight is 399 g/mol. The molecule has 4 rings (SSSR count). The first-order valence-electron chi connectivity index (χ1n) is 9.07. The van der Waals surface area contributed by atoms with E-state index in [1.807, 2.05) is 37.3 Å². The molecule has 1 aliphatic heterocycles. The van der Waals surface area contributed by atoms with Crippen LogP contribution in [-0.4, -0.2) is 41.4 Å². The van der Waals surface area contributed by atoms with Crippen LogP contribution in [0.4, 0.5) is 27.5 Å². The molecule has 2 aromatic carbocycles. The van der Waals surface area contributed by atoms with Crippen molar-refractivity contribution in [1.82, 2.24) is 15.2 Å². The molecule has 2 heterocycles. The summed E-state index contributed by atoms with van der Waals surface area (Å²) in [6.45, 7) is 5.13. The second-order valence-electron chi connectivity index (χ2n) is 6.68. The summed E-state index contributed by atoms with van der Waals surface area (Å²) in [7, 11) is 0. The molecule has 6 nitrogen and oxygen atoms in total. The summed E-state index contributed by atoms with van der Waals surface area (Å²) < 4.78 is 13.1. The van der Waals surface area contributed by atoms with E-state index in [9.17, 15) is 4.39 Å². The summed E-state index contributed by atoms with van der Waals surface area (Å²) in [4.78, 5) is 8.93. The normalized spacial score (nSPS) is 14.2. The van der Waals surface area contributed by atoms with E-state index in [1.165, 1.54) is 12.1 Å². The van der Waals surface area contributed by atoms with E-state index in [4.69, 9.17) is 11.6 Å². The van der Waals surface area contributed by atoms with Gasteiger partial charge in [-0.05, 0) is 55.0 Å². The highest BCUT2D eigenvalue weighted by Gasteiger charge is 2.20. The quantitative estimate of drug-likeness (QED) is 0.715. The Morgan fingerprint density at radius 2 is 1.71 bits per heavy atom. The van der Waals surface area contributed by atoms with E-state index in [-0.39, 0.29) is 5.82 Å². The van der Waals surface area contributed by atoms with Crippen LogP contribution in [0.2, 0.25) is 5.02 Å². The number of aromatic nitrogens is 3. The van der Waals surface area contributed by atoms with Crippen LogP contribution in [0.25, 0.3) is 0 Å². The molecule has 1 aliphatic rings. The minimum atomic E-state index is -0.220. The van der Waals surface area contributed by atoms with Gasteiger partial charge in [0.15, 0.2) is 5.82 Å². The van der Waals surface area contributed by atoms with Gasteiger partial charge in [-0.3, -0.25) is 0 Å². The van der Waals surface area contributed by atoms with E-state index in [1.54, 1.807) is 6.20 Å². The molecular formula is C20H20ClFN6. The van der Waals surface area contributed by atoms with E-state index in [2.05, 4.69) is 30.3 Å². The molecule has 1 aromatic heterocycles. The van der Waals surface area contributed by atoms with Gasteiger partial charge in [-0.2, -0.15) is 10.1 Å². The lowest BCUT2D eigenvalue weighted by molar-refractivity contribution is 0.622. The van der Waals surface area contributed by atoms with Crippen LogP contribution in [0.5, 0.6) is 0 Å². The third-order valence-electron chi connectivity index (χ3n) is 4.75. The molecule has 0 spiro atoms. The Hall–Kier alpha value is -2.93. The molecule has 8 heteroatoms. The summed E-state index contributed by atoms with van der Waals surface area (Å²) in [6, 6.07) is 12.2. The molecule has 144 valence electrons. The Morgan fingerprint density at radius 1 is 1.00 bits per heavy atom. The zero-order valence-electron chi connectivity index (χ0n) is 15.4. The largest absolute Gasteiger partial charge is 0.368 e. The van der Waals surface area contributed by atoms with Crippen molar-refractivity contribution in [3.8, 4) is 0 Å². The van der Waals surface area contributed by atoms with Crippen molar-refractivity contribution in [3.63, 3.8) is 0 Å². The van der Waals surface area contributed by atoms with Gasteiger partial charge in [0.25, 0.3) is 0 Å². The molecule has 0 saturated carbocycles. The lowest BCUT2D eigenvalue weighted by Crippen LogP contribution is -2.47. The van der Waals surface area contributed by atoms with Crippen LogP contribution in [0.3, 0.4) is 0 Å². The highest BCUT2D eigenvalue weighted by molar-refractivity contribution is 6.30. The Labute approximate surface area is 168 Å². The smallest absolute Gasteiger partial charge is 0.247 e. The molecule has 0 unspecified atom stereocenters. The molecule has 1 saturated heterocycles. The number of halogens is 2. The third-order valence-corrected chi connectivity index (χ3v) is 4.99. The highest BCUT2D eigenvalue weighted by Crippen LogP contribution is 2.23. The van der Waals surface area contributed by atoms with Crippen LogP contribution in [0, 0.1) is 12.7 Å². The number of nitrogens with one attached hydrogen (secondary N) is 1. The number of hydrogen-bond donors (Lipinski definition) is 1. The molecular weight excluding hydrogens is 379 g/mol. The number of rotatable bonds is 4. The molecule has 0 amide bonds. The summed E-state index contributed by atoms with van der Waals surface area (Å²) >= 11 is 6.02. The fraction of sp³-hybridized carbons (Fsp3) is 0.250. The Morgan fingerprint density at radius 3 is 2.43 bits per heavy atom. The van der Waals surface area contributed by atoms with Crippen molar-refractivity contribution in [2.75, 3.05) is 41.3 Å². The van der Waals surface area contributed by atoms with Gasteiger partial charge in [0, 0.05) is 42.6 Å². The van der Waals surface area contributed by atoms with Crippen LogP contribution in [-0.2, 0) is 0 Å². The minimum absolute atomic E-state index is 0.220. The second kappa shape index (κ2) is 7.98. The second-order valence-corrected chi connectivity index (χ2v) is 7.11. The van der Waals surface area contributed by atoms with Crippen molar-refractivity contribution >= 4 is 34.7 Å². The first-order chi connectivity index (χ1) is 13.6. The minimum Gasteiger partial charge on any atom is -0.368 e. The molecule has 1 N–H and O–H groups in total. The predicted octanol–water partition coefficient (Wildman–Crippen LogP) is 4.04. The van der Waals surface area contributed by atoms with Crippen molar-refractivity contribution in [2.24, 2.45) is 0 Å². The monoisotopic (exact) mass is 398 g/mol. The topological polar surface area (TPSA) is 57.2 Å². The standard InChI is InChI=1S/C20H20ClFN6/c1-14-12-15(21)2-7-18(14)24-19-13-23-26-20(25-19)28-10-8-27(9-11-28)17-5-3-16(22)4-6-17/h2-7,12-13H,8-11H2,1H3,(H,24,25,26). The maximum Gasteiger partial charge on any atom is 0.247 e. The Kier molecular flexibility index (Phi) is 5.25. The van der Waals surface area contributed by atoms with Gasteiger partial charge >= 0.3 is 0 Å². The number of piperazine rings is 1. The van der Waals surface area contributed by atoms with Gasteiger partial charge in [-0.1, -0.05) is 11.6 Å². The number of nitrogens with zero attached hydrogens (tertiary/aromatic N) is 5. The zero-order valence-corrected chi connectivity index (χ0v) is 16.2. The summed E-state index contributed by atoms with van der Waals surface area (Å²) in [6.07, 6.45) is 1.60. The van der Waals surface area contributed by atoms with Gasteiger partial charge in [0.2, 0.25) is 5.95 Å². The van der Waals surface area contributed by atoms with Crippen molar-refractivity contribution in [1.29, 1.82) is 0 Å². The van der Waals surface area contributed by atoms with Gasteiger partial charge in [-0.25, -0.2) is 4.39 Å². The summed E-state index contributed by atoms with van der Waals surface area (Å²) in [5.41, 5.74) is 2.98. The Bertz CT molecular complexity index is 957. The van der Waals surface area contributed by atoms with E-state index in [0.717, 1.165) is 43.1 Å². The average Bonchev–Trinajstić information content (AvgIpc) is 2.71. The molecule has 3 aromatic rings. The van der Waals surface area contributed by atoms with E-state index < -0.39 is 0 Å². The van der Waals surface area contributed by atoms with Crippen LogP contribution < -0.4 is 15.1 Å². The first-order valence-corrected chi connectivity index (χ1v) is 9.45. The fourth-order valence-corrected chi connectivity index (χ4v) is 3.44. The zero-order chi connectivity index (χ0) is 19.5. The maximum absolute atomic E-state index is 13.1. The maximum atomic E-state index is 13.1. The third kappa shape index (κ3) is 4.14. The van der Waals surface area contributed by atoms with Gasteiger partial charge in [-0.15, -0.1) is 5.10 Å². The van der Waals surface area contributed by atoms with Crippen LogP contribution >= 0.6 is 11.6 Å². The lowest BCUT2D eigenvalue weighted by Gasteiger charge is -2.35. The van der Waals surface area contributed by atoms with Crippen molar-refractivity contribution < 1.29 is 4.39 Å². The SMILES string of the molecule is Cc1cc(Cl)ccc1Nc1cnnc(N2CCN(c3ccc(F)cc3)CC2)n1. The van der Waals surface area contributed by atoms with Gasteiger partial charge in [0.1, 0.15) is 5.82 Å². The molecule has 0 aliphatic carbocycles. The van der Waals surface area contributed by atoms with Crippen molar-refractivity contribution in [3.05, 3.63) is 65.1 Å². The van der Waals surface area contributed by atoms with Crippen LogP contribution in [0.15, 0.2) is 48.7 Å². The Balaban J connectivity index is 1.43. The molecule has 28 heavy (non-hydrogen) atoms. The molecule has 1 fully saturated rings. The van der Waals surface area contributed by atoms with Crippen LogP contribution in [0.1, 0.15) is 5.56 Å². The fourth-order valence-electron chi connectivity index (χ4n) is 3.21. The number of hydrogen-bond acceptors (Lipinski definition) is 6. The number of anilines is 4. The molecule has 0 bridgehead atoms. The van der Waals surface area contributed by atoms with Gasteiger partial charge in [0.05, 0.1) is 6.20 Å². The highest BCUT2D eigenvalue weighted by atomic mass is 35.5. The number of aryl methyl sites for hydroxylation is 1. The first kappa shape index (κ1) is 18.4. The predicted molar refractivity (Wildman–Crippen MR) is 110 cm³/mol.